The van der Waals surface area contributed by atoms with Crippen LogP contribution in [0.25, 0.3) is 0 Å². The van der Waals surface area contributed by atoms with E-state index in [1.54, 1.807) is 19.0 Å². The van der Waals surface area contributed by atoms with E-state index in [2.05, 4.69) is 9.24 Å². The van der Waals surface area contributed by atoms with E-state index < -0.39 is 0 Å². The molecule has 3 aliphatic rings. The van der Waals surface area contributed by atoms with E-state index >= 15 is 0 Å². The molecule has 0 aromatic carbocycles. The molecular formula is C22H42P2. The van der Waals surface area contributed by atoms with Crippen LogP contribution in [-0.4, -0.2) is 17.0 Å². The zero-order chi connectivity index (χ0) is 16.7. The SMILES string of the molecule is PC(CCCPC1CCCCC1)(C1CCCCC1)C1CCCCC1. The van der Waals surface area contributed by atoms with Gasteiger partial charge in [-0.1, -0.05) is 57.8 Å². The van der Waals surface area contributed by atoms with Gasteiger partial charge in [0.2, 0.25) is 0 Å². The van der Waals surface area contributed by atoms with Crippen molar-refractivity contribution in [3.05, 3.63) is 0 Å². The minimum atomic E-state index is 0.609. The van der Waals surface area contributed by atoms with Crippen LogP contribution in [0.4, 0.5) is 0 Å². The Hall–Kier alpha value is 0.860. The lowest BCUT2D eigenvalue weighted by Gasteiger charge is -2.47. The van der Waals surface area contributed by atoms with Gasteiger partial charge in [-0.2, -0.15) is 0 Å². The molecule has 3 fully saturated rings. The van der Waals surface area contributed by atoms with Gasteiger partial charge in [-0.3, -0.25) is 0 Å². The zero-order valence-corrected chi connectivity index (χ0v) is 18.2. The van der Waals surface area contributed by atoms with Gasteiger partial charge in [-0.05, 0) is 80.2 Å². The Morgan fingerprint density at radius 2 is 1.12 bits per heavy atom. The summed E-state index contributed by atoms with van der Waals surface area (Å²) in [7, 11) is 4.77. The van der Waals surface area contributed by atoms with Crippen LogP contribution in [-0.2, 0) is 0 Å². The van der Waals surface area contributed by atoms with Crippen LogP contribution in [0.1, 0.15) is 109 Å². The van der Waals surface area contributed by atoms with Crippen LogP contribution in [0.5, 0.6) is 0 Å². The van der Waals surface area contributed by atoms with Crippen molar-refractivity contribution in [2.75, 3.05) is 6.16 Å². The minimum absolute atomic E-state index is 0.609. The number of hydrogen-bond donors (Lipinski definition) is 0. The normalized spacial score (nSPS) is 26.4. The molecule has 0 nitrogen and oxygen atoms in total. The monoisotopic (exact) mass is 368 g/mol. The summed E-state index contributed by atoms with van der Waals surface area (Å²) in [5.74, 6) is 2.05. The Morgan fingerprint density at radius 1 is 0.667 bits per heavy atom. The van der Waals surface area contributed by atoms with Gasteiger partial charge in [-0.15, -0.1) is 17.8 Å². The predicted octanol–water partition coefficient (Wildman–Crippen LogP) is 7.55. The van der Waals surface area contributed by atoms with E-state index in [4.69, 9.17) is 0 Å². The Kier molecular flexibility index (Phi) is 8.39. The fourth-order valence-electron chi connectivity index (χ4n) is 6.03. The van der Waals surface area contributed by atoms with Crippen molar-refractivity contribution in [1.82, 2.24) is 0 Å². The Bertz CT molecular complexity index is 318. The summed E-state index contributed by atoms with van der Waals surface area (Å²) >= 11 is 0. The second-order valence-electron chi connectivity index (χ2n) is 9.17. The lowest BCUT2D eigenvalue weighted by atomic mass is 9.67. The Balaban J connectivity index is 1.50. The second-order valence-corrected chi connectivity index (χ2v) is 12.0. The van der Waals surface area contributed by atoms with Gasteiger partial charge in [0.25, 0.3) is 0 Å². The maximum absolute atomic E-state index is 3.49. The second kappa shape index (κ2) is 10.3. The molecule has 0 radical (unpaired) electrons. The molecule has 24 heavy (non-hydrogen) atoms. The molecule has 0 amide bonds. The van der Waals surface area contributed by atoms with Gasteiger partial charge < -0.3 is 0 Å². The van der Waals surface area contributed by atoms with E-state index in [9.17, 15) is 0 Å². The molecule has 0 heterocycles. The molecule has 2 unspecified atom stereocenters. The highest BCUT2D eigenvalue weighted by Gasteiger charge is 2.41. The van der Waals surface area contributed by atoms with Crippen molar-refractivity contribution in [3.8, 4) is 0 Å². The highest BCUT2D eigenvalue weighted by atomic mass is 31.1. The Morgan fingerprint density at radius 3 is 1.62 bits per heavy atom. The van der Waals surface area contributed by atoms with Gasteiger partial charge in [0.1, 0.15) is 0 Å². The third-order valence-corrected chi connectivity index (χ3v) is 10.6. The predicted molar refractivity (Wildman–Crippen MR) is 115 cm³/mol. The third-order valence-electron chi connectivity index (χ3n) is 7.56. The zero-order valence-electron chi connectivity index (χ0n) is 16.0. The number of hydrogen-bond acceptors (Lipinski definition) is 0. The van der Waals surface area contributed by atoms with E-state index in [0.29, 0.717) is 5.16 Å². The fourth-order valence-corrected chi connectivity index (χ4v) is 8.51. The summed E-state index contributed by atoms with van der Waals surface area (Å²) < 4.78 is 0. The molecule has 2 heteroatoms. The fraction of sp³-hybridized carbons (Fsp3) is 1.00. The first-order valence-corrected chi connectivity index (χ1v) is 13.2. The molecule has 0 saturated heterocycles. The molecule has 0 spiro atoms. The van der Waals surface area contributed by atoms with E-state index in [1.165, 1.54) is 105 Å². The van der Waals surface area contributed by atoms with Crippen molar-refractivity contribution in [1.29, 1.82) is 0 Å². The molecule has 0 bridgehead atoms. The lowest BCUT2D eigenvalue weighted by Crippen LogP contribution is -2.41. The summed E-state index contributed by atoms with van der Waals surface area (Å²) in [5, 5.41) is 0.609. The molecule has 2 atom stereocenters. The first-order chi connectivity index (χ1) is 11.8. The summed E-state index contributed by atoms with van der Waals surface area (Å²) in [5.41, 5.74) is 1.11. The summed E-state index contributed by atoms with van der Waals surface area (Å²) in [6.07, 6.45) is 27.4. The summed E-state index contributed by atoms with van der Waals surface area (Å²) in [6.45, 7) is 0. The van der Waals surface area contributed by atoms with E-state index in [0.717, 1.165) is 17.5 Å². The van der Waals surface area contributed by atoms with Crippen LogP contribution >= 0.6 is 17.8 Å². The van der Waals surface area contributed by atoms with Gasteiger partial charge in [0.15, 0.2) is 0 Å². The van der Waals surface area contributed by atoms with Crippen LogP contribution in [0, 0.1) is 11.8 Å². The third kappa shape index (κ3) is 5.43. The molecule has 140 valence electrons. The van der Waals surface area contributed by atoms with Crippen LogP contribution < -0.4 is 0 Å². The molecule has 0 aromatic heterocycles. The average Bonchev–Trinajstić information content (AvgIpc) is 2.67. The maximum atomic E-state index is 3.49. The molecule has 0 aliphatic heterocycles. The van der Waals surface area contributed by atoms with Crippen LogP contribution in [0.3, 0.4) is 0 Å². The highest BCUT2D eigenvalue weighted by Crippen LogP contribution is 2.51. The Labute approximate surface area is 156 Å². The van der Waals surface area contributed by atoms with Crippen molar-refractivity contribution in [2.45, 2.75) is 120 Å². The van der Waals surface area contributed by atoms with Gasteiger partial charge >= 0.3 is 0 Å². The van der Waals surface area contributed by atoms with Crippen molar-refractivity contribution in [3.63, 3.8) is 0 Å². The molecule has 3 aliphatic carbocycles. The smallest absolute Gasteiger partial charge is 0.00937 e. The van der Waals surface area contributed by atoms with Crippen molar-refractivity contribution >= 4 is 17.8 Å². The topological polar surface area (TPSA) is 0 Å². The van der Waals surface area contributed by atoms with Crippen LogP contribution in [0.2, 0.25) is 0 Å². The average molecular weight is 369 g/mol. The molecule has 0 aromatic rings. The van der Waals surface area contributed by atoms with E-state index in [1.807, 2.05) is 0 Å². The van der Waals surface area contributed by atoms with E-state index in [-0.39, 0.29) is 0 Å². The first kappa shape index (κ1) is 19.6. The minimum Gasteiger partial charge on any atom is -0.131 e. The molecule has 3 rings (SSSR count). The largest absolute Gasteiger partial charge is 0.131 e. The summed E-state index contributed by atoms with van der Waals surface area (Å²) in [6, 6.07) is 0. The number of rotatable bonds is 7. The quantitative estimate of drug-likeness (QED) is 0.321. The highest BCUT2D eigenvalue weighted by molar-refractivity contribution is 7.38. The summed E-state index contributed by atoms with van der Waals surface area (Å²) in [4.78, 5) is 0. The molecular weight excluding hydrogens is 326 g/mol. The van der Waals surface area contributed by atoms with Gasteiger partial charge in [0.05, 0.1) is 0 Å². The van der Waals surface area contributed by atoms with Gasteiger partial charge in [-0.25, -0.2) is 0 Å². The van der Waals surface area contributed by atoms with Crippen LogP contribution in [0.15, 0.2) is 0 Å². The molecule has 3 saturated carbocycles. The van der Waals surface area contributed by atoms with Gasteiger partial charge in [0, 0.05) is 0 Å². The first-order valence-electron chi connectivity index (χ1n) is 11.3. The van der Waals surface area contributed by atoms with Crippen molar-refractivity contribution in [2.24, 2.45) is 11.8 Å². The van der Waals surface area contributed by atoms with Crippen molar-refractivity contribution < 1.29 is 0 Å². The standard InChI is InChI=1S/C22H42P2/c23-22(19-11-4-1-5-12-19,20-13-6-2-7-14-20)17-10-18-24-21-15-8-3-9-16-21/h19-21,24H,1-18,23H2. The lowest BCUT2D eigenvalue weighted by molar-refractivity contribution is 0.165. The maximum Gasteiger partial charge on any atom is -0.00937 e. The molecule has 0 N–H and O–H groups in total.